The van der Waals surface area contributed by atoms with Gasteiger partial charge in [0.05, 0.1) is 25.4 Å². The first kappa shape index (κ1) is 84.8. The fourth-order valence-electron chi connectivity index (χ4n) is 12.4. The molecular formula is C81H153NO5. The third-order valence-electron chi connectivity index (χ3n) is 18.4. The van der Waals surface area contributed by atoms with Crippen LogP contribution in [0.3, 0.4) is 0 Å². The van der Waals surface area contributed by atoms with Crippen molar-refractivity contribution in [3.8, 4) is 0 Å². The molecule has 6 nitrogen and oxygen atoms in total. The van der Waals surface area contributed by atoms with Crippen LogP contribution in [0.1, 0.15) is 431 Å². The van der Waals surface area contributed by atoms with Crippen molar-refractivity contribution in [3.63, 3.8) is 0 Å². The Kier molecular flexibility index (Phi) is 74.4. The van der Waals surface area contributed by atoms with E-state index in [2.05, 4.69) is 67.8 Å². The standard InChI is InChI=1S/C81H153NO5/c1-3-5-7-9-11-13-15-17-19-21-43-47-51-55-59-63-67-71-75-81(86)87-76-72-68-64-60-56-52-48-44-40-38-36-34-32-30-28-26-24-22-23-25-27-29-31-33-35-37-39-42-46-50-54-58-62-66-70-74-80(85)82-78(77-83)79(84)73-69-65-61-57-53-49-45-41-20-18-16-14-12-10-8-6-4-2/h13,15,19,21,24,26,30,32,78-79,83-84H,3-12,14,16-18,20,22-23,25,27-29,31,33-77H2,1-2H3,(H,82,85)/b15-13-,21-19-,26-24-,32-30-. The Morgan fingerprint density at radius 1 is 0.322 bits per heavy atom. The van der Waals surface area contributed by atoms with Gasteiger partial charge in [-0.1, -0.05) is 377 Å². The second-order valence-corrected chi connectivity index (χ2v) is 27.0. The largest absolute Gasteiger partial charge is 0.466 e. The number of carbonyl (C=O) groups excluding carboxylic acids is 2. The monoisotopic (exact) mass is 1220 g/mol. The molecule has 1 amide bonds. The van der Waals surface area contributed by atoms with Crippen molar-refractivity contribution in [2.45, 2.75) is 443 Å². The van der Waals surface area contributed by atoms with Crippen molar-refractivity contribution < 1.29 is 24.5 Å². The molecule has 0 aliphatic rings. The van der Waals surface area contributed by atoms with Crippen molar-refractivity contribution >= 4 is 11.9 Å². The maximum Gasteiger partial charge on any atom is 0.305 e. The number of unbranched alkanes of at least 4 members (excludes halogenated alkanes) is 55. The van der Waals surface area contributed by atoms with Crippen molar-refractivity contribution in [1.82, 2.24) is 5.32 Å². The van der Waals surface area contributed by atoms with Crippen LogP contribution in [0.15, 0.2) is 48.6 Å². The molecule has 0 aliphatic heterocycles. The number of allylic oxidation sites excluding steroid dienone is 8. The molecule has 3 N–H and O–H groups in total. The minimum absolute atomic E-state index is 0.00986. The smallest absolute Gasteiger partial charge is 0.305 e. The van der Waals surface area contributed by atoms with Gasteiger partial charge < -0.3 is 20.3 Å². The van der Waals surface area contributed by atoms with Crippen LogP contribution in [0, 0.1) is 0 Å². The Morgan fingerprint density at radius 3 is 0.885 bits per heavy atom. The van der Waals surface area contributed by atoms with E-state index >= 15 is 0 Å². The van der Waals surface area contributed by atoms with Crippen LogP contribution in [0.25, 0.3) is 0 Å². The van der Waals surface area contributed by atoms with Crippen LogP contribution >= 0.6 is 0 Å². The molecule has 0 spiro atoms. The van der Waals surface area contributed by atoms with Gasteiger partial charge in [0, 0.05) is 12.8 Å². The summed E-state index contributed by atoms with van der Waals surface area (Å²) in [6.07, 6.45) is 101. The number of aliphatic hydroxyl groups excluding tert-OH is 2. The van der Waals surface area contributed by atoms with Crippen molar-refractivity contribution in [2.75, 3.05) is 13.2 Å². The normalized spacial score (nSPS) is 12.7. The quantitative estimate of drug-likeness (QED) is 0.0320. The Balaban J connectivity index is 3.37. The molecule has 2 atom stereocenters. The highest BCUT2D eigenvalue weighted by atomic mass is 16.5. The lowest BCUT2D eigenvalue weighted by Crippen LogP contribution is -2.45. The number of esters is 1. The summed E-state index contributed by atoms with van der Waals surface area (Å²) in [6.45, 7) is 4.97. The van der Waals surface area contributed by atoms with Gasteiger partial charge in [0.1, 0.15) is 0 Å². The summed E-state index contributed by atoms with van der Waals surface area (Å²) in [4.78, 5) is 24.6. The summed E-state index contributed by atoms with van der Waals surface area (Å²) in [5.74, 6) is -0.0192. The number of ether oxygens (including phenoxy) is 1. The van der Waals surface area contributed by atoms with E-state index in [0.717, 1.165) is 57.8 Å². The van der Waals surface area contributed by atoms with Crippen molar-refractivity contribution in [1.29, 1.82) is 0 Å². The zero-order valence-corrected chi connectivity index (χ0v) is 58.8. The summed E-state index contributed by atoms with van der Waals surface area (Å²) >= 11 is 0. The molecule has 0 aliphatic carbocycles. The molecular weight excluding hydrogens is 1070 g/mol. The van der Waals surface area contributed by atoms with E-state index in [4.69, 9.17) is 4.74 Å². The van der Waals surface area contributed by atoms with E-state index in [1.54, 1.807) is 0 Å². The molecule has 0 fully saturated rings. The highest BCUT2D eigenvalue weighted by molar-refractivity contribution is 5.76. The van der Waals surface area contributed by atoms with Gasteiger partial charge in [-0.3, -0.25) is 9.59 Å². The molecule has 6 heteroatoms. The van der Waals surface area contributed by atoms with Crippen molar-refractivity contribution in [2.24, 2.45) is 0 Å². The average molecular weight is 1220 g/mol. The number of hydrogen-bond donors (Lipinski definition) is 3. The predicted molar refractivity (Wildman–Crippen MR) is 384 cm³/mol. The summed E-state index contributed by atoms with van der Waals surface area (Å²) in [6, 6.07) is -0.540. The minimum atomic E-state index is -0.663. The lowest BCUT2D eigenvalue weighted by molar-refractivity contribution is -0.143. The second-order valence-electron chi connectivity index (χ2n) is 27.0. The molecule has 0 aromatic carbocycles. The second kappa shape index (κ2) is 76.3. The van der Waals surface area contributed by atoms with Crippen LogP contribution in [0.5, 0.6) is 0 Å². The summed E-state index contributed by atoms with van der Waals surface area (Å²) in [7, 11) is 0. The van der Waals surface area contributed by atoms with Crippen LogP contribution < -0.4 is 5.32 Å². The molecule has 2 unspecified atom stereocenters. The number of amides is 1. The molecule has 0 aromatic heterocycles. The topological polar surface area (TPSA) is 95.9 Å². The predicted octanol–water partition coefficient (Wildman–Crippen LogP) is 26.0. The lowest BCUT2D eigenvalue weighted by Gasteiger charge is -2.22. The number of carbonyl (C=O) groups is 2. The number of rotatable bonds is 74. The van der Waals surface area contributed by atoms with E-state index < -0.39 is 12.1 Å². The van der Waals surface area contributed by atoms with Crippen LogP contribution in [-0.2, 0) is 14.3 Å². The van der Waals surface area contributed by atoms with Gasteiger partial charge in [-0.05, 0) is 89.9 Å². The lowest BCUT2D eigenvalue weighted by atomic mass is 10.0. The summed E-state index contributed by atoms with van der Waals surface area (Å²) in [5.41, 5.74) is 0. The van der Waals surface area contributed by atoms with E-state index in [1.807, 2.05) is 0 Å². The van der Waals surface area contributed by atoms with E-state index in [9.17, 15) is 19.8 Å². The molecule has 87 heavy (non-hydrogen) atoms. The fraction of sp³-hybridized carbons (Fsp3) is 0.877. The number of aliphatic hydroxyl groups is 2. The van der Waals surface area contributed by atoms with Gasteiger partial charge in [0.25, 0.3) is 0 Å². The zero-order valence-electron chi connectivity index (χ0n) is 58.8. The molecule has 0 heterocycles. The van der Waals surface area contributed by atoms with E-state index in [0.29, 0.717) is 25.9 Å². The first-order chi connectivity index (χ1) is 43.0. The van der Waals surface area contributed by atoms with E-state index in [1.165, 1.54) is 340 Å². The van der Waals surface area contributed by atoms with Crippen LogP contribution in [0.4, 0.5) is 0 Å². The van der Waals surface area contributed by atoms with E-state index in [-0.39, 0.29) is 18.5 Å². The Morgan fingerprint density at radius 2 is 0.575 bits per heavy atom. The third-order valence-corrected chi connectivity index (χ3v) is 18.4. The minimum Gasteiger partial charge on any atom is -0.466 e. The van der Waals surface area contributed by atoms with Gasteiger partial charge in [-0.2, -0.15) is 0 Å². The fourth-order valence-corrected chi connectivity index (χ4v) is 12.4. The first-order valence-corrected chi connectivity index (χ1v) is 39.4. The number of hydrogen-bond acceptors (Lipinski definition) is 5. The molecule has 0 saturated carbocycles. The van der Waals surface area contributed by atoms with Gasteiger partial charge in [-0.25, -0.2) is 0 Å². The Hall–Kier alpha value is -2.18. The molecule has 0 bridgehead atoms. The maximum absolute atomic E-state index is 12.5. The number of nitrogens with one attached hydrogen (secondary N) is 1. The third kappa shape index (κ3) is 72.8. The van der Waals surface area contributed by atoms with Crippen LogP contribution in [-0.4, -0.2) is 47.4 Å². The SMILES string of the molecule is CCCCCC/C=C\C/C=C\CCCCCCCCCC(=O)OCCCCCCCCCCCCC/C=C\C/C=C\CCCCCCCCCCCCCCCCCCCC(=O)NC(CO)C(O)CCCCCCCCCCCCCCCCCCC. The summed E-state index contributed by atoms with van der Waals surface area (Å²) in [5, 5.41) is 23.4. The molecule has 0 aromatic rings. The van der Waals surface area contributed by atoms with Crippen molar-refractivity contribution in [3.05, 3.63) is 48.6 Å². The maximum atomic E-state index is 12.5. The highest BCUT2D eigenvalue weighted by Gasteiger charge is 2.20. The molecule has 0 rings (SSSR count). The van der Waals surface area contributed by atoms with Gasteiger partial charge in [0.2, 0.25) is 5.91 Å². The van der Waals surface area contributed by atoms with Gasteiger partial charge in [0.15, 0.2) is 0 Å². The summed E-state index contributed by atoms with van der Waals surface area (Å²) < 4.78 is 5.50. The van der Waals surface area contributed by atoms with Gasteiger partial charge >= 0.3 is 5.97 Å². The first-order valence-electron chi connectivity index (χ1n) is 39.4. The van der Waals surface area contributed by atoms with Gasteiger partial charge in [-0.15, -0.1) is 0 Å². The molecule has 512 valence electrons. The highest BCUT2D eigenvalue weighted by Crippen LogP contribution is 2.19. The Bertz CT molecular complexity index is 1450. The average Bonchev–Trinajstić information content (AvgIpc) is 3.53. The molecule has 0 saturated heterocycles. The van der Waals surface area contributed by atoms with Crippen LogP contribution in [0.2, 0.25) is 0 Å². The Labute approximate surface area is 544 Å². The zero-order chi connectivity index (χ0) is 62.8. The molecule has 0 radical (unpaired) electrons.